The van der Waals surface area contributed by atoms with Crippen LogP contribution in [0.25, 0.3) is 0 Å². The van der Waals surface area contributed by atoms with E-state index < -0.39 is 0 Å². The molecule has 4 nitrogen and oxygen atoms in total. The number of terminal acetylenes is 1. The van der Waals surface area contributed by atoms with Gasteiger partial charge in [0.2, 0.25) is 0 Å². The summed E-state index contributed by atoms with van der Waals surface area (Å²) >= 11 is 1.15. The Morgan fingerprint density at radius 3 is 3.07 bits per heavy atom. The first-order valence-corrected chi connectivity index (χ1v) is 5.48. The highest BCUT2D eigenvalue weighted by Crippen LogP contribution is 2.22. The molecule has 0 aliphatic heterocycles. The first-order chi connectivity index (χ1) is 7.24. The van der Waals surface area contributed by atoms with Crippen molar-refractivity contribution in [2.24, 2.45) is 0 Å². The van der Waals surface area contributed by atoms with Crippen molar-refractivity contribution in [2.75, 3.05) is 6.54 Å². The van der Waals surface area contributed by atoms with Gasteiger partial charge in [0.05, 0.1) is 4.92 Å². The summed E-state index contributed by atoms with van der Waals surface area (Å²) in [5.74, 6) is 2.56. The Kier molecular flexibility index (Phi) is 4.81. The van der Waals surface area contributed by atoms with Crippen LogP contribution in [-0.2, 0) is 6.54 Å². The Morgan fingerprint density at radius 2 is 2.47 bits per heavy atom. The van der Waals surface area contributed by atoms with E-state index in [2.05, 4.69) is 11.2 Å². The molecule has 5 heteroatoms. The van der Waals surface area contributed by atoms with Gasteiger partial charge in [-0.2, -0.15) is 0 Å². The zero-order valence-electron chi connectivity index (χ0n) is 8.23. The largest absolute Gasteiger partial charge is 0.324 e. The summed E-state index contributed by atoms with van der Waals surface area (Å²) in [4.78, 5) is 10.0. The van der Waals surface area contributed by atoms with Gasteiger partial charge >= 0.3 is 5.00 Å². The van der Waals surface area contributed by atoms with Crippen molar-refractivity contribution < 1.29 is 4.92 Å². The molecule has 0 aliphatic rings. The molecule has 1 N–H and O–H groups in total. The molecule has 0 saturated carbocycles. The van der Waals surface area contributed by atoms with E-state index in [4.69, 9.17) is 6.42 Å². The third-order valence-corrected chi connectivity index (χ3v) is 2.75. The summed E-state index contributed by atoms with van der Waals surface area (Å²) in [6.07, 6.45) is 6.80. The normalized spacial score (nSPS) is 9.80. The van der Waals surface area contributed by atoms with Crippen molar-refractivity contribution in [1.82, 2.24) is 5.32 Å². The van der Waals surface area contributed by atoms with E-state index in [0.29, 0.717) is 6.54 Å². The lowest BCUT2D eigenvalue weighted by molar-refractivity contribution is -0.380. The molecule has 0 fully saturated rings. The third-order valence-electron chi connectivity index (χ3n) is 1.82. The molecular weight excluding hydrogens is 212 g/mol. The maximum absolute atomic E-state index is 10.4. The molecule has 0 unspecified atom stereocenters. The van der Waals surface area contributed by atoms with E-state index >= 15 is 0 Å². The van der Waals surface area contributed by atoms with Crippen molar-refractivity contribution in [3.63, 3.8) is 0 Å². The van der Waals surface area contributed by atoms with E-state index in [-0.39, 0.29) is 9.92 Å². The SMILES string of the molecule is C#CCCCNCc1csc([N+](=O)[O-])c1. The minimum absolute atomic E-state index is 0.190. The van der Waals surface area contributed by atoms with Crippen molar-refractivity contribution >= 4 is 16.3 Å². The standard InChI is InChI=1S/C10H12N2O2S/c1-2-3-4-5-11-7-9-6-10(12(13)14)15-8-9/h1,6,8,11H,3-5,7H2. The number of nitro groups is 1. The zero-order valence-corrected chi connectivity index (χ0v) is 9.05. The average Bonchev–Trinajstić information content (AvgIpc) is 2.66. The van der Waals surface area contributed by atoms with Crippen molar-refractivity contribution in [1.29, 1.82) is 0 Å². The van der Waals surface area contributed by atoms with Gasteiger partial charge in [0.15, 0.2) is 0 Å². The summed E-state index contributed by atoms with van der Waals surface area (Å²) in [6.45, 7) is 1.50. The molecule has 1 rings (SSSR count). The molecule has 1 aromatic heterocycles. The minimum atomic E-state index is -0.369. The summed E-state index contributed by atoms with van der Waals surface area (Å²) in [5.41, 5.74) is 0.951. The summed E-state index contributed by atoms with van der Waals surface area (Å²) < 4.78 is 0. The highest BCUT2D eigenvalue weighted by molar-refractivity contribution is 7.13. The van der Waals surface area contributed by atoms with Crippen molar-refractivity contribution in [3.05, 3.63) is 27.1 Å². The van der Waals surface area contributed by atoms with Gasteiger partial charge in [-0.3, -0.25) is 10.1 Å². The molecule has 0 saturated heterocycles. The zero-order chi connectivity index (χ0) is 11.1. The lowest BCUT2D eigenvalue weighted by Crippen LogP contribution is -2.13. The summed E-state index contributed by atoms with van der Waals surface area (Å²) in [7, 11) is 0. The van der Waals surface area contributed by atoms with Gasteiger partial charge in [0.1, 0.15) is 0 Å². The Labute approximate surface area is 92.5 Å². The topological polar surface area (TPSA) is 55.2 Å². The molecule has 0 bridgehead atoms. The molecule has 1 heterocycles. The molecule has 80 valence electrons. The minimum Gasteiger partial charge on any atom is -0.313 e. The third kappa shape index (κ3) is 4.11. The van der Waals surface area contributed by atoms with Crippen molar-refractivity contribution in [3.8, 4) is 12.3 Å². The number of hydrogen-bond donors (Lipinski definition) is 1. The Hall–Kier alpha value is -1.38. The maximum Gasteiger partial charge on any atom is 0.324 e. The predicted octanol–water partition coefficient (Wildman–Crippen LogP) is 2.16. The molecule has 0 spiro atoms. The molecule has 0 aromatic carbocycles. The van der Waals surface area contributed by atoms with Crippen LogP contribution in [0.2, 0.25) is 0 Å². The lowest BCUT2D eigenvalue weighted by atomic mass is 10.3. The smallest absolute Gasteiger partial charge is 0.313 e. The molecule has 1 aromatic rings. The van der Waals surface area contributed by atoms with E-state index in [1.165, 1.54) is 0 Å². The highest BCUT2D eigenvalue weighted by Gasteiger charge is 2.08. The Balaban J connectivity index is 2.26. The summed E-state index contributed by atoms with van der Waals surface area (Å²) in [5, 5.41) is 15.6. The van der Waals surface area contributed by atoms with E-state index in [1.807, 2.05) is 0 Å². The molecule has 0 atom stereocenters. The Morgan fingerprint density at radius 1 is 1.67 bits per heavy atom. The Bertz CT molecular complexity index is 368. The molecule has 0 aliphatic carbocycles. The fourth-order valence-electron chi connectivity index (χ4n) is 1.10. The van der Waals surface area contributed by atoms with Gasteiger partial charge in [0, 0.05) is 24.4 Å². The second-order valence-electron chi connectivity index (χ2n) is 3.03. The van der Waals surface area contributed by atoms with Crippen LogP contribution >= 0.6 is 11.3 Å². The van der Waals surface area contributed by atoms with Gasteiger partial charge in [-0.25, -0.2) is 0 Å². The van der Waals surface area contributed by atoms with Crippen molar-refractivity contribution in [2.45, 2.75) is 19.4 Å². The number of thiophene rings is 1. The van der Waals surface area contributed by atoms with Gasteiger partial charge in [-0.15, -0.1) is 12.3 Å². The monoisotopic (exact) mass is 224 g/mol. The second-order valence-corrected chi connectivity index (χ2v) is 3.92. The number of rotatable bonds is 6. The summed E-state index contributed by atoms with van der Waals surface area (Å²) in [6, 6.07) is 1.60. The van der Waals surface area contributed by atoms with E-state index in [9.17, 15) is 10.1 Å². The lowest BCUT2D eigenvalue weighted by Gasteiger charge is -1.99. The van der Waals surface area contributed by atoms with Crippen LogP contribution in [0, 0.1) is 22.5 Å². The number of nitrogens with one attached hydrogen (secondary N) is 1. The number of unbranched alkanes of at least 4 members (excludes halogenated alkanes) is 1. The second kappa shape index (κ2) is 6.17. The van der Waals surface area contributed by atoms with Crippen LogP contribution < -0.4 is 5.32 Å². The average molecular weight is 224 g/mol. The predicted molar refractivity (Wildman–Crippen MR) is 60.7 cm³/mol. The molecule has 15 heavy (non-hydrogen) atoms. The van der Waals surface area contributed by atoms with Gasteiger partial charge in [-0.1, -0.05) is 11.3 Å². The molecule has 0 radical (unpaired) electrons. The van der Waals surface area contributed by atoms with Crippen LogP contribution in [0.3, 0.4) is 0 Å². The van der Waals surface area contributed by atoms with E-state index in [0.717, 1.165) is 36.3 Å². The number of nitrogens with zero attached hydrogens (tertiary/aromatic N) is 1. The van der Waals surface area contributed by atoms with Crippen LogP contribution in [-0.4, -0.2) is 11.5 Å². The van der Waals surface area contributed by atoms with Crippen LogP contribution in [0.4, 0.5) is 5.00 Å². The van der Waals surface area contributed by atoms with Crippen LogP contribution in [0.15, 0.2) is 11.4 Å². The van der Waals surface area contributed by atoms with Gasteiger partial charge in [-0.05, 0) is 18.5 Å². The quantitative estimate of drug-likeness (QED) is 0.348. The highest BCUT2D eigenvalue weighted by atomic mass is 32.1. The number of hydrogen-bond acceptors (Lipinski definition) is 4. The van der Waals surface area contributed by atoms with Crippen LogP contribution in [0.5, 0.6) is 0 Å². The first-order valence-electron chi connectivity index (χ1n) is 4.60. The fourth-order valence-corrected chi connectivity index (χ4v) is 1.83. The molecule has 0 amide bonds. The maximum atomic E-state index is 10.4. The molecular formula is C10H12N2O2S. The first kappa shape index (κ1) is 11.7. The van der Waals surface area contributed by atoms with Crippen LogP contribution in [0.1, 0.15) is 18.4 Å². The fraction of sp³-hybridized carbons (Fsp3) is 0.400. The van der Waals surface area contributed by atoms with E-state index in [1.54, 1.807) is 11.4 Å². The van der Waals surface area contributed by atoms with Gasteiger partial charge < -0.3 is 5.32 Å². The van der Waals surface area contributed by atoms with Gasteiger partial charge in [0.25, 0.3) is 0 Å².